The van der Waals surface area contributed by atoms with Crippen molar-refractivity contribution in [3.05, 3.63) is 35.4 Å². The van der Waals surface area contributed by atoms with E-state index in [0.717, 1.165) is 12.8 Å². The normalized spacial score (nSPS) is 22.2. The van der Waals surface area contributed by atoms with Crippen LogP contribution in [0.5, 0.6) is 0 Å². The molecule has 0 N–H and O–H groups in total. The Hall–Kier alpha value is -1.44. The molecule has 0 saturated heterocycles. The summed E-state index contributed by atoms with van der Waals surface area (Å²) < 4.78 is 2.45. The minimum Gasteiger partial charge on any atom is -0.300 e. The van der Waals surface area contributed by atoms with Crippen LogP contribution in [0.15, 0.2) is 24.3 Å². The number of rotatable bonds is 4. The molecule has 0 bridgehead atoms. The Labute approximate surface area is 127 Å². The molecule has 0 amide bonds. The summed E-state index contributed by atoms with van der Waals surface area (Å²) in [5.74, 6) is 1.02. The van der Waals surface area contributed by atoms with Gasteiger partial charge in [0.05, 0.1) is 6.42 Å². The molecular weight excluding hydrogens is 258 g/mol. The standard InChI is InChI=1S/C19H26NO/c1-14(21)13-19(16-8-3-4-9-16)20(2)18-12-11-15-7-5-6-10-17(15)18/h5-7,10,16,19H,3-4,8-9,11-13H2,1-2H3/q+1. The van der Waals surface area contributed by atoms with E-state index in [1.54, 1.807) is 6.92 Å². The molecule has 0 aliphatic heterocycles. The number of hydrogen-bond donors (Lipinski definition) is 0. The van der Waals surface area contributed by atoms with E-state index >= 15 is 0 Å². The molecule has 2 aliphatic carbocycles. The lowest BCUT2D eigenvalue weighted by Gasteiger charge is -2.20. The van der Waals surface area contributed by atoms with Crippen LogP contribution >= 0.6 is 0 Å². The Balaban J connectivity index is 1.95. The van der Waals surface area contributed by atoms with Gasteiger partial charge in [0.2, 0.25) is 0 Å². The third-order valence-corrected chi connectivity index (χ3v) is 5.32. The first kappa shape index (κ1) is 14.5. The first-order chi connectivity index (χ1) is 10.2. The van der Waals surface area contributed by atoms with Gasteiger partial charge in [-0.25, -0.2) is 4.58 Å². The van der Waals surface area contributed by atoms with Crippen molar-refractivity contribution in [2.24, 2.45) is 5.92 Å². The highest BCUT2D eigenvalue weighted by Crippen LogP contribution is 2.32. The summed E-state index contributed by atoms with van der Waals surface area (Å²) in [6, 6.07) is 9.14. The molecule has 1 saturated carbocycles. The Bertz CT molecular complexity index is 567. The molecule has 1 unspecified atom stereocenters. The van der Waals surface area contributed by atoms with Crippen molar-refractivity contribution in [1.29, 1.82) is 0 Å². The van der Waals surface area contributed by atoms with Crippen molar-refractivity contribution in [1.82, 2.24) is 0 Å². The van der Waals surface area contributed by atoms with Gasteiger partial charge in [0, 0.05) is 17.9 Å². The van der Waals surface area contributed by atoms with Crippen LogP contribution in [0.3, 0.4) is 0 Å². The lowest BCUT2D eigenvalue weighted by Crippen LogP contribution is -2.35. The summed E-state index contributed by atoms with van der Waals surface area (Å²) in [5, 5.41) is 0. The smallest absolute Gasteiger partial charge is 0.183 e. The Kier molecular flexibility index (Phi) is 4.23. The van der Waals surface area contributed by atoms with Gasteiger partial charge in [-0.05, 0) is 37.8 Å². The molecule has 1 fully saturated rings. The highest BCUT2D eigenvalue weighted by molar-refractivity contribution is 6.01. The minimum atomic E-state index is 0.325. The summed E-state index contributed by atoms with van der Waals surface area (Å²) >= 11 is 0. The average molecular weight is 284 g/mol. The van der Waals surface area contributed by atoms with E-state index in [2.05, 4.69) is 35.9 Å². The molecule has 21 heavy (non-hydrogen) atoms. The predicted molar refractivity (Wildman–Crippen MR) is 86.1 cm³/mol. The van der Waals surface area contributed by atoms with Crippen molar-refractivity contribution in [3.8, 4) is 0 Å². The zero-order chi connectivity index (χ0) is 14.8. The highest BCUT2D eigenvalue weighted by Gasteiger charge is 2.35. The van der Waals surface area contributed by atoms with Crippen molar-refractivity contribution < 1.29 is 9.37 Å². The molecular formula is C19H26NO+. The second-order valence-corrected chi connectivity index (χ2v) is 6.73. The van der Waals surface area contributed by atoms with Gasteiger partial charge in [0.1, 0.15) is 12.8 Å². The van der Waals surface area contributed by atoms with Crippen LogP contribution in [-0.4, -0.2) is 29.2 Å². The maximum absolute atomic E-state index is 11.7. The second-order valence-electron chi connectivity index (χ2n) is 6.73. The predicted octanol–water partition coefficient (Wildman–Crippen LogP) is 3.60. The van der Waals surface area contributed by atoms with Crippen LogP contribution in [0.1, 0.15) is 56.6 Å². The Morgan fingerprint density at radius 1 is 1.24 bits per heavy atom. The second kappa shape index (κ2) is 6.13. The van der Waals surface area contributed by atoms with Crippen molar-refractivity contribution in [3.63, 3.8) is 0 Å². The first-order valence-electron chi connectivity index (χ1n) is 8.33. The molecule has 2 aliphatic rings. The van der Waals surface area contributed by atoms with E-state index in [4.69, 9.17) is 0 Å². The molecule has 2 heteroatoms. The van der Waals surface area contributed by atoms with Gasteiger partial charge >= 0.3 is 0 Å². The monoisotopic (exact) mass is 284 g/mol. The van der Waals surface area contributed by atoms with Crippen LogP contribution in [0.2, 0.25) is 0 Å². The number of carbonyl (C=O) groups is 1. The van der Waals surface area contributed by atoms with Crippen molar-refractivity contribution in [2.45, 2.75) is 57.9 Å². The van der Waals surface area contributed by atoms with E-state index in [1.807, 2.05) is 0 Å². The summed E-state index contributed by atoms with van der Waals surface area (Å²) in [6.07, 6.45) is 8.21. The molecule has 1 aromatic rings. The number of carbonyl (C=O) groups excluding carboxylic acids is 1. The van der Waals surface area contributed by atoms with Gasteiger partial charge in [-0.1, -0.05) is 31.0 Å². The lowest BCUT2D eigenvalue weighted by atomic mass is 9.93. The third-order valence-electron chi connectivity index (χ3n) is 5.32. The fourth-order valence-corrected chi connectivity index (χ4v) is 4.23. The topological polar surface area (TPSA) is 20.1 Å². The first-order valence-corrected chi connectivity index (χ1v) is 8.33. The summed E-state index contributed by atoms with van der Waals surface area (Å²) in [7, 11) is 2.21. The maximum Gasteiger partial charge on any atom is 0.183 e. The third kappa shape index (κ3) is 2.95. The lowest BCUT2D eigenvalue weighted by molar-refractivity contribution is -0.546. The average Bonchev–Trinajstić information content (AvgIpc) is 3.13. The van der Waals surface area contributed by atoms with Crippen molar-refractivity contribution >= 4 is 11.5 Å². The fourth-order valence-electron chi connectivity index (χ4n) is 4.23. The summed E-state index contributed by atoms with van der Waals surface area (Å²) in [5.41, 5.74) is 4.32. The number of Topliss-reactive ketones (excluding diaryl/α,β-unsaturated/α-hetero) is 1. The van der Waals surface area contributed by atoms with Crippen LogP contribution in [0.4, 0.5) is 0 Å². The Morgan fingerprint density at radius 2 is 1.95 bits per heavy atom. The van der Waals surface area contributed by atoms with Gasteiger partial charge in [-0.2, -0.15) is 0 Å². The van der Waals surface area contributed by atoms with Crippen molar-refractivity contribution in [2.75, 3.05) is 7.05 Å². The zero-order valence-corrected chi connectivity index (χ0v) is 13.3. The van der Waals surface area contributed by atoms with Crippen LogP contribution in [0, 0.1) is 5.92 Å². The van der Waals surface area contributed by atoms with E-state index in [0.29, 0.717) is 24.2 Å². The molecule has 1 atom stereocenters. The van der Waals surface area contributed by atoms with Gasteiger partial charge < -0.3 is 0 Å². The molecule has 112 valence electrons. The molecule has 3 rings (SSSR count). The molecule has 1 aromatic carbocycles. The zero-order valence-electron chi connectivity index (χ0n) is 13.3. The Morgan fingerprint density at radius 3 is 2.67 bits per heavy atom. The van der Waals surface area contributed by atoms with Crippen LogP contribution in [0.25, 0.3) is 0 Å². The molecule has 2 nitrogen and oxygen atoms in total. The number of aryl methyl sites for hydroxylation is 1. The number of hydrogen-bond acceptors (Lipinski definition) is 1. The van der Waals surface area contributed by atoms with Gasteiger partial charge in [-0.15, -0.1) is 0 Å². The minimum absolute atomic E-state index is 0.325. The molecule has 0 aromatic heterocycles. The molecule has 0 radical (unpaired) electrons. The summed E-state index contributed by atoms with van der Waals surface area (Å²) in [6.45, 7) is 1.74. The fraction of sp³-hybridized carbons (Fsp3) is 0.579. The number of nitrogens with zero attached hydrogens (tertiary/aromatic N) is 1. The van der Waals surface area contributed by atoms with Gasteiger partial charge in [-0.3, -0.25) is 4.79 Å². The molecule has 0 heterocycles. The largest absolute Gasteiger partial charge is 0.300 e. The number of fused-ring (bicyclic) bond motifs is 1. The van der Waals surface area contributed by atoms with Crippen LogP contribution < -0.4 is 0 Å². The molecule has 0 spiro atoms. The van der Waals surface area contributed by atoms with Crippen LogP contribution in [-0.2, 0) is 11.2 Å². The quantitative estimate of drug-likeness (QED) is 0.774. The van der Waals surface area contributed by atoms with E-state index < -0.39 is 0 Å². The SMILES string of the molecule is CC(=O)CC(C1CCCC1)[N+](C)=C1CCc2ccccc21. The van der Waals surface area contributed by atoms with Gasteiger partial charge in [0.15, 0.2) is 11.8 Å². The van der Waals surface area contributed by atoms with Gasteiger partial charge in [0.25, 0.3) is 0 Å². The van der Waals surface area contributed by atoms with E-state index in [-0.39, 0.29) is 0 Å². The highest BCUT2D eigenvalue weighted by atomic mass is 16.1. The maximum atomic E-state index is 11.7. The van der Waals surface area contributed by atoms with E-state index in [1.165, 1.54) is 42.5 Å². The number of benzene rings is 1. The van der Waals surface area contributed by atoms with E-state index in [9.17, 15) is 4.79 Å². The number of ketones is 1. The summed E-state index contributed by atoms with van der Waals surface area (Å²) in [4.78, 5) is 11.7.